The summed E-state index contributed by atoms with van der Waals surface area (Å²) < 4.78 is 2.07. The third-order valence-electron chi connectivity index (χ3n) is 4.05. The average Bonchev–Trinajstić information content (AvgIpc) is 2.96. The summed E-state index contributed by atoms with van der Waals surface area (Å²) in [6.07, 6.45) is 6.88. The van der Waals surface area contributed by atoms with Gasteiger partial charge in [0.1, 0.15) is 12.2 Å². The zero-order valence-electron chi connectivity index (χ0n) is 11.9. The lowest BCUT2D eigenvalue weighted by molar-refractivity contribution is 0.352. The Morgan fingerprint density at radius 1 is 1.39 bits per heavy atom. The molecule has 1 aliphatic carbocycles. The van der Waals surface area contributed by atoms with Gasteiger partial charge < -0.3 is 5.32 Å². The van der Waals surface area contributed by atoms with Crippen molar-refractivity contribution >= 4 is 0 Å². The van der Waals surface area contributed by atoms with Crippen molar-refractivity contribution in [3.8, 4) is 0 Å². The molecule has 4 heteroatoms. The van der Waals surface area contributed by atoms with E-state index in [0.717, 1.165) is 31.3 Å². The van der Waals surface area contributed by atoms with Gasteiger partial charge in [-0.15, -0.1) is 0 Å². The molecule has 1 aromatic heterocycles. The van der Waals surface area contributed by atoms with Gasteiger partial charge in [0.2, 0.25) is 0 Å². The second-order valence-corrected chi connectivity index (χ2v) is 5.68. The highest BCUT2D eigenvalue weighted by Crippen LogP contribution is 2.33. The van der Waals surface area contributed by atoms with E-state index in [1.54, 1.807) is 6.33 Å². The van der Waals surface area contributed by atoms with Crippen molar-refractivity contribution < 1.29 is 0 Å². The van der Waals surface area contributed by atoms with Gasteiger partial charge in [-0.2, -0.15) is 5.10 Å². The molecular weight excluding hydrogens is 224 g/mol. The maximum atomic E-state index is 4.45. The lowest BCUT2D eigenvalue weighted by Gasteiger charge is -2.20. The Morgan fingerprint density at radius 3 is 2.89 bits per heavy atom. The third-order valence-corrected chi connectivity index (χ3v) is 4.05. The lowest BCUT2D eigenvalue weighted by Crippen LogP contribution is -2.26. The van der Waals surface area contributed by atoms with Crippen molar-refractivity contribution in [3.63, 3.8) is 0 Å². The van der Waals surface area contributed by atoms with Gasteiger partial charge in [0.05, 0.1) is 0 Å². The second-order valence-electron chi connectivity index (χ2n) is 5.68. The minimum absolute atomic E-state index is 0.413. The predicted molar refractivity (Wildman–Crippen MR) is 73.5 cm³/mol. The Labute approximate surface area is 110 Å². The highest BCUT2D eigenvalue weighted by molar-refractivity contribution is 4.93. The molecule has 0 aromatic carbocycles. The van der Waals surface area contributed by atoms with Crippen LogP contribution in [0.5, 0.6) is 0 Å². The van der Waals surface area contributed by atoms with E-state index in [-0.39, 0.29) is 0 Å². The Hall–Kier alpha value is -0.900. The zero-order valence-corrected chi connectivity index (χ0v) is 11.9. The van der Waals surface area contributed by atoms with Crippen LogP contribution in [-0.4, -0.2) is 27.9 Å². The molecule has 102 valence electrons. The molecule has 4 nitrogen and oxygen atoms in total. The first kappa shape index (κ1) is 13.5. The molecule has 2 rings (SSSR count). The van der Waals surface area contributed by atoms with Gasteiger partial charge in [0.25, 0.3) is 0 Å². The molecule has 1 heterocycles. The molecule has 18 heavy (non-hydrogen) atoms. The molecule has 1 saturated carbocycles. The first-order valence-electron chi connectivity index (χ1n) is 7.31. The molecule has 2 unspecified atom stereocenters. The molecule has 1 aliphatic rings. The summed E-state index contributed by atoms with van der Waals surface area (Å²) in [4.78, 5) is 4.45. The molecule has 0 spiro atoms. The topological polar surface area (TPSA) is 42.7 Å². The van der Waals surface area contributed by atoms with Crippen LogP contribution in [0.4, 0.5) is 0 Å². The minimum atomic E-state index is 0.413. The Morgan fingerprint density at radius 2 is 2.17 bits per heavy atom. The second kappa shape index (κ2) is 6.32. The fraction of sp³-hybridized carbons (Fsp3) is 0.857. The fourth-order valence-electron chi connectivity index (χ4n) is 3.07. The van der Waals surface area contributed by atoms with Crippen molar-refractivity contribution in [2.24, 2.45) is 11.8 Å². The van der Waals surface area contributed by atoms with Crippen LogP contribution in [0.3, 0.4) is 0 Å². The van der Waals surface area contributed by atoms with Crippen molar-refractivity contribution in [3.05, 3.63) is 12.2 Å². The minimum Gasteiger partial charge on any atom is -0.317 e. The summed E-state index contributed by atoms with van der Waals surface area (Å²) in [7, 11) is 0. The molecule has 1 N–H and O–H groups in total. The summed E-state index contributed by atoms with van der Waals surface area (Å²) in [5.74, 6) is 2.77. The number of hydrogen-bond donors (Lipinski definition) is 1. The van der Waals surface area contributed by atoms with Crippen molar-refractivity contribution in [1.29, 1.82) is 0 Å². The Balaban J connectivity index is 1.97. The summed E-state index contributed by atoms with van der Waals surface area (Å²) >= 11 is 0. The van der Waals surface area contributed by atoms with Gasteiger partial charge in [0.15, 0.2) is 0 Å². The number of aromatic nitrogens is 3. The number of nitrogens with zero attached hydrogens (tertiary/aromatic N) is 3. The summed E-state index contributed by atoms with van der Waals surface area (Å²) in [5, 5.41) is 7.83. The smallest absolute Gasteiger partial charge is 0.138 e. The zero-order chi connectivity index (χ0) is 13.0. The highest BCUT2D eigenvalue weighted by atomic mass is 15.3. The molecule has 0 aliphatic heterocycles. The van der Waals surface area contributed by atoms with E-state index in [4.69, 9.17) is 0 Å². The van der Waals surface area contributed by atoms with Crippen LogP contribution < -0.4 is 5.32 Å². The normalized spacial score (nSPS) is 24.0. The monoisotopic (exact) mass is 250 g/mol. The van der Waals surface area contributed by atoms with E-state index in [1.165, 1.54) is 25.1 Å². The van der Waals surface area contributed by atoms with Crippen LogP contribution in [0.25, 0.3) is 0 Å². The van der Waals surface area contributed by atoms with Crippen molar-refractivity contribution in [1.82, 2.24) is 20.1 Å². The molecule has 0 amide bonds. The van der Waals surface area contributed by atoms with Gasteiger partial charge in [-0.3, -0.25) is 0 Å². The molecule has 2 atom stereocenters. The maximum absolute atomic E-state index is 4.45. The summed E-state index contributed by atoms with van der Waals surface area (Å²) in [5.41, 5.74) is 0. The molecular formula is C14H26N4. The number of hydrogen-bond acceptors (Lipinski definition) is 3. The molecule has 0 radical (unpaired) electrons. The number of rotatable bonds is 6. The summed E-state index contributed by atoms with van der Waals surface area (Å²) in [6.45, 7) is 8.76. The average molecular weight is 250 g/mol. The molecule has 1 aromatic rings. The molecule has 0 bridgehead atoms. The van der Waals surface area contributed by atoms with Crippen LogP contribution in [0.15, 0.2) is 6.33 Å². The third kappa shape index (κ3) is 3.10. The highest BCUT2D eigenvalue weighted by Gasteiger charge is 2.28. The van der Waals surface area contributed by atoms with E-state index in [2.05, 4.69) is 40.9 Å². The first-order chi connectivity index (χ1) is 8.72. The van der Waals surface area contributed by atoms with Crippen LogP contribution >= 0.6 is 0 Å². The van der Waals surface area contributed by atoms with E-state index < -0.39 is 0 Å². The fourth-order valence-corrected chi connectivity index (χ4v) is 3.07. The summed E-state index contributed by atoms with van der Waals surface area (Å²) in [6, 6.07) is 0.413. The van der Waals surface area contributed by atoms with Crippen LogP contribution in [0.2, 0.25) is 0 Å². The van der Waals surface area contributed by atoms with Crippen LogP contribution in [-0.2, 0) is 6.42 Å². The molecule has 1 fully saturated rings. The van der Waals surface area contributed by atoms with Gasteiger partial charge in [-0.05, 0) is 51.6 Å². The van der Waals surface area contributed by atoms with Crippen molar-refractivity contribution in [2.75, 3.05) is 13.1 Å². The molecule has 0 saturated heterocycles. The first-order valence-corrected chi connectivity index (χ1v) is 7.31. The van der Waals surface area contributed by atoms with Crippen LogP contribution in [0, 0.1) is 11.8 Å². The van der Waals surface area contributed by atoms with Gasteiger partial charge >= 0.3 is 0 Å². The SMILES string of the molecule is CCNCC1CCCC1Cc1ncnn1C(C)C. The van der Waals surface area contributed by atoms with E-state index in [0.29, 0.717) is 6.04 Å². The Kier molecular flexibility index (Phi) is 4.75. The Bertz CT molecular complexity index is 358. The largest absolute Gasteiger partial charge is 0.317 e. The van der Waals surface area contributed by atoms with Crippen molar-refractivity contribution in [2.45, 2.75) is 52.5 Å². The van der Waals surface area contributed by atoms with Gasteiger partial charge in [-0.25, -0.2) is 9.67 Å². The van der Waals surface area contributed by atoms with Crippen LogP contribution in [0.1, 0.15) is 51.9 Å². The van der Waals surface area contributed by atoms with Gasteiger partial charge in [-0.1, -0.05) is 13.3 Å². The standard InChI is InChI=1S/C14H26N4/c1-4-15-9-13-7-5-6-12(13)8-14-16-10-17-18(14)11(2)3/h10-13,15H,4-9H2,1-3H3. The van der Waals surface area contributed by atoms with Gasteiger partial charge in [0, 0.05) is 12.5 Å². The van der Waals surface area contributed by atoms with E-state index in [1.807, 2.05) is 0 Å². The van der Waals surface area contributed by atoms with E-state index >= 15 is 0 Å². The maximum Gasteiger partial charge on any atom is 0.138 e. The lowest BCUT2D eigenvalue weighted by atomic mass is 9.92. The quantitative estimate of drug-likeness (QED) is 0.843. The van der Waals surface area contributed by atoms with E-state index in [9.17, 15) is 0 Å². The number of nitrogens with one attached hydrogen (secondary N) is 1. The predicted octanol–water partition coefficient (Wildman–Crippen LogP) is 2.43.